The van der Waals surface area contributed by atoms with Crippen LogP contribution in [0.2, 0.25) is 0 Å². The Kier molecular flexibility index (Phi) is 4.29. The summed E-state index contributed by atoms with van der Waals surface area (Å²) in [7, 11) is 0. The standard InChI is InChI=1S/C14H18O5/c1-5-6-10-12(17)11(8(2)15)7-14(4,13(10)18)19-9(3)16/h7,17H,5-6H2,1-4H3/t14-/m0/s1. The van der Waals surface area contributed by atoms with Gasteiger partial charge < -0.3 is 9.84 Å². The van der Waals surface area contributed by atoms with Gasteiger partial charge in [0.1, 0.15) is 5.76 Å². The largest absolute Gasteiger partial charge is 0.507 e. The van der Waals surface area contributed by atoms with Gasteiger partial charge in [-0.15, -0.1) is 0 Å². The Bertz CT molecular complexity index is 498. The first kappa shape index (κ1) is 15.1. The molecule has 5 heteroatoms. The van der Waals surface area contributed by atoms with Gasteiger partial charge in [-0.3, -0.25) is 14.4 Å². The van der Waals surface area contributed by atoms with Gasteiger partial charge in [-0.05, 0) is 26.3 Å². The van der Waals surface area contributed by atoms with Gasteiger partial charge in [0, 0.05) is 12.5 Å². The zero-order valence-electron chi connectivity index (χ0n) is 11.6. The number of allylic oxidation sites excluding steroid dienone is 1. The van der Waals surface area contributed by atoms with E-state index in [2.05, 4.69) is 0 Å². The van der Waals surface area contributed by atoms with Crippen molar-refractivity contribution in [1.82, 2.24) is 0 Å². The van der Waals surface area contributed by atoms with E-state index in [1.165, 1.54) is 26.8 Å². The minimum Gasteiger partial charge on any atom is -0.507 e. The Labute approximate surface area is 111 Å². The highest BCUT2D eigenvalue weighted by atomic mass is 16.6. The predicted molar refractivity (Wildman–Crippen MR) is 68.5 cm³/mol. The molecule has 0 amide bonds. The lowest BCUT2D eigenvalue weighted by Crippen LogP contribution is -2.42. The molecule has 0 heterocycles. The minimum atomic E-state index is -1.52. The van der Waals surface area contributed by atoms with Crippen molar-refractivity contribution in [3.8, 4) is 0 Å². The van der Waals surface area contributed by atoms with Gasteiger partial charge in [-0.1, -0.05) is 13.3 Å². The molecule has 0 saturated heterocycles. The van der Waals surface area contributed by atoms with Crippen molar-refractivity contribution in [2.75, 3.05) is 0 Å². The SMILES string of the molecule is CCCC1=C(O)C(C(C)=O)=C[C@](C)(OC(C)=O)C1=O. The number of hydrogen-bond donors (Lipinski definition) is 1. The second kappa shape index (κ2) is 5.38. The molecule has 1 atom stereocenters. The second-order valence-corrected chi connectivity index (χ2v) is 4.72. The molecule has 0 aromatic rings. The van der Waals surface area contributed by atoms with E-state index in [-0.39, 0.29) is 22.7 Å². The number of carbonyl (C=O) groups is 3. The predicted octanol–water partition coefficient (Wildman–Crippen LogP) is 2.02. The van der Waals surface area contributed by atoms with E-state index in [1.807, 2.05) is 6.92 Å². The molecule has 1 N–H and O–H groups in total. The number of aliphatic hydroxyl groups is 1. The molecule has 0 fully saturated rings. The molecule has 104 valence electrons. The Hall–Kier alpha value is -1.91. The molecule has 0 bridgehead atoms. The summed E-state index contributed by atoms with van der Waals surface area (Å²) >= 11 is 0. The third kappa shape index (κ3) is 2.92. The average Bonchev–Trinajstić information content (AvgIpc) is 2.28. The summed E-state index contributed by atoms with van der Waals surface area (Å²) in [4.78, 5) is 34.9. The Morgan fingerprint density at radius 1 is 1.37 bits per heavy atom. The molecule has 0 aromatic carbocycles. The smallest absolute Gasteiger partial charge is 0.303 e. The maximum Gasteiger partial charge on any atom is 0.303 e. The van der Waals surface area contributed by atoms with Crippen LogP contribution in [-0.4, -0.2) is 28.2 Å². The molecule has 19 heavy (non-hydrogen) atoms. The monoisotopic (exact) mass is 266 g/mol. The van der Waals surface area contributed by atoms with Gasteiger partial charge in [0.25, 0.3) is 0 Å². The van der Waals surface area contributed by atoms with Crippen molar-refractivity contribution < 1.29 is 24.2 Å². The molecular formula is C14H18O5. The summed E-state index contributed by atoms with van der Waals surface area (Å²) in [5.41, 5.74) is -1.37. The van der Waals surface area contributed by atoms with Crippen molar-refractivity contribution in [1.29, 1.82) is 0 Å². The lowest BCUT2D eigenvalue weighted by atomic mass is 9.82. The number of Topliss-reactive ketones (excluding diaryl/α,β-unsaturated/α-hetero) is 2. The van der Waals surface area contributed by atoms with Crippen LogP contribution in [0.25, 0.3) is 0 Å². The van der Waals surface area contributed by atoms with E-state index >= 15 is 0 Å². The van der Waals surface area contributed by atoms with Crippen LogP contribution in [0.1, 0.15) is 40.5 Å². The Morgan fingerprint density at radius 2 is 1.95 bits per heavy atom. The number of rotatable bonds is 4. The van der Waals surface area contributed by atoms with Gasteiger partial charge >= 0.3 is 5.97 Å². The van der Waals surface area contributed by atoms with Gasteiger partial charge in [0.05, 0.1) is 5.57 Å². The normalized spacial score (nSPS) is 23.2. The summed E-state index contributed by atoms with van der Waals surface area (Å²) in [6.07, 6.45) is 2.17. The number of ether oxygens (including phenoxy) is 1. The van der Waals surface area contributed by atoms with Crippen LogP contribution in [0.3, 0.4) is 0 Å². The lowest BCUT2D eigenvalue weighted by Gasteiger charge is -2.30. The fourth-order valence-corrected chi connectivity index (χ4v) is 2.10. The number of ketones is 2. The summed E-state index contributed by atoms with van der Waals surface area (Å²) < 4.78 is 5.03. The number of esters is 1. The third-order valence-electron chi connectivity index (χ3n) is 2.92. The number of hydrogen-bond acceptors (Lipinski definition) is 5. The first-order valence-electron chi connectivity index (χ1n) is 6.13. The minimum absolute atomic E-state index is 0.0202. The van der Waals surface area contributed by atoms with Crippen LogP contribution in [0.5, 0.6) is 0 Å². The lowest BCUT2D eigenvalue weighted by molar-refractivity contribution is -0.157. The van der Waals surface area contributed by atoms with Crippen LogP contribution in [0.4, 0.5) is 0 Å². The van der Waals surface area contributed by atoms with Crippen LogP contribution in [-0.2, 0) is 19.1 Å². The summed E-state index contributed by atoms with van der Waals surface area (Å²) in [6.45, 7) is 5.75. The van der Waals surface area contributed by atoms with Gasteiger partial charge in [-0.25, -0.2) is 0 Å². The van der Waals surface area contributed by atoms with Crippen molar-refractivity contribution in [2.45, 2.75) is 46.1 Å². The van der Waals surface area contributed by atoms with Crippen molar-refractivity contribution >= 4 is 17.5 Å². The highest BCUT2D eigenvalue weighted by molar-refractivity contribution is 6.11. The molecule has 0 aromatic heterocycles. The molecule has 0 unspecified atom stereocenters. The first-order valence-corrected chi connectivity index (χ1v) is 6.13. The highest BCUT2D eigenvalue weighted by Crippen LogP contribution is 2.32. The van der Waals surface area contributed by atoms with Crippen molar-refractivity contribution in [3.05, 3.63) is 23.0 Å². The first-order chi connectivity index (χ1) is 8.73. The fourth-order valence-electron chi connectivity index (χ4n) is 2.10. The molecular weight excluding hydrogens is 248 g/mol. The van der Waals surface area contributed by atoms with Crippen LogP contribution >= 0.6 is 0 Å². The van der Waals surface area contributed by atoms with Gasteiger partial charge in [0.15, 0.2) is 11.4 Å². The summed E-state index contributed by atoms with van der Waals surface area (Å²) in [5.74, 6) is -1.78. The number of aliphatic hydroxyl groups excluding tert-OH is 1. The Balaban J connectivity index is 3.37. The van der Waals surface area contributed by atoms with E-state index in [4.69, 9.17) is 4.74 Å². The van der Waals surface area contributed by atoms with E-state index in [0.717, 1.165) is 0 Å². The third-order valence-corrected chi connectivity index (χ3v) is 2.92. The molecule has 1 aliphatic carbocycles. The van der Waals surface area contributed by atoms with E-state index in [1.54, 1.807) is 0 Å². The molecule has 0 saturated carbocycles. The molecule has 5 nitrogen and oxygen atoms in total. The summed E-state index contributed by atoms with van der Waals surface area (Å²) in [5, 5.41) is 10.00. The quantitative estimate of drug-likeness (QED) is 0.787. The molecule has 0 aliphatic heterocycles. The fraction of sp³-hybridized carbons (Fsp3) is 0.500. The van der Waals surface area contributed by atoms with Crippen LogP contribution < -0.4 is 0 Å². The zero-order chi connectivity index (χ0) is 14.8. The second-order valence-electron chi connectivity index (χ2n) is 4.72. The summed E-state index contributed by atoms with van der Waals surface area (Å²) in [6, 6.07) is 0. The maximum absolute atomic E-state index is 12.3. The van der Waals surface area contributed by atoms with Crippen LogP contribution in [0, 0.1) is 0 Å². The molecule has 1 aliphatic rings. The zero-order valence-corrected chi connectivity index (χ0v) is 11.6. The molecule has 0 spiro atoms. The van der Waals surface area contributed by atoms with Gasteiger partial charge in [0.2, 0.25) is 5.78 Å². The van der Waals surface area contributed by atoms with E-state index in [0.29, 0.717) is 12.8 Å². The maximum atomic E-state index is 12.3. The topological polar surface area (TPSA) is 80.7 Å². The van der Waals surface area contributed by atoms with E-state index in [9.17, 15) is 19.5 Å². The van der Waals surface area contributed by atoms with Crippen molar-refractivity contribution in [2.24, 2.45) is 0 Å². The Morgan fingerprint density at radius 3 is 2.37 bits per heavy atom. The molecule has 1 rings (SSSR count). The molecule has 0 radical (unpaired) electrons. The highest BCUT2D eigenvalue weighted by Gasteiger charge is 2.42. The average molecular weight is 266 g/mol. The van der Waals surface area contributed by atoms with Gasteiger partial charge in [-0.2, -0.15) is 0 Å². The van der Waals surface area contributed by atoms with Crippen LogP contribution in [0.15, 0.2) is 23.0 Å². The van der Waals surface area contributed by atoms with Crippen molar-refractivity contribution in [3.63, 3.8) is 0 Å². The van der Waals surface area contributed by atoms with E-state index < -0.39 is 17.4 Å². The number of carbonyl (C=O) groups excluding carboxylic acids is 3.